The summed E-state index contributed by atoms with van der Waals surface area (Å²) < 4.78 is 6.99. The van der Waals surface area contributed by atoms with Crippen LogP contribution in [0.25, 0.3) is 10.9 Å². The highest BCUT2D eigenvalue weighted by Crippen LogP contribution is 2.43. The van der Waals surface area contributed by atoms with Crippen molar-refractivity contribution in [2.75, 3.05) is 55.0 Å². The number of aromatic nitrogens is 3. The quantitative estimate of drug-likeness (QED) is 0.226. The van der Waals surface area contributed by atoms with Gasteiger partial charge in [0.05, 0.1) is 11.7 Å². The van der Waals surface area contributed by atoms with Crippen molar-refractivity contribution in [1.82, 2.24) is 30.1 Å². The molecule has 2 aromatic carbocycles. The number of anilines is 4. The molecule has 0 saturated carbocycles. The number of ether oxygens (including phenoxy) is 1. The topological polar surface area (TPSA) is 171 Å². The van der Waals surface area contributed by atoms with Crippen molar-refractivity contribution in [1.29, 1.82) is 0 Å². The second kappa shape index (κ2) is 13.9. The van der Waals surface area contributed by atoms with E-state index in [1.807, 2.05) is 30.3 Å². The number of carbonyl (C=O) groups excluding carboxylic acids is 4. The van der Waals surface area contributed by atoms with E-state index in [4.69, 9.17) is 21.3 Å². The lowest BCUT2D eigenvalue weighted by molar-refractivity contribution is -0.137. The fraction of sp³-hybridized carbons (Fsp3) is 0.395. The third kappa shape index (κ3) is 6.57. The van der Waals surface area contributed by atoms with Crippen LogP contribution >= 0.6 is 11.6 Å². The fourth-order valence-electron chi connectivity index (χ4n) is 8.10. The van der Waals surface area contributed by atoms with Crippen molar-refractivity contribution in [2.45, 2.75) is 44.7 Å². The Morgan fingerprint density at radius 2 is 1.81 bits per heavy atom. The molecular weight excluding hydrogens is 714 g/mol. The van der Waals surface area contributed by atoms with E-state index >= 15 is 0 Å². The number of fused-ring (bicyclic) bond motifs is 2. The first-order valence-electron chi connectivity index (χ1n) is 18.0. The van der Waals surface area contributed by atoms with Gasteiger partial charge in [-0.15, -0.1) is 0 Å². The number of amides is 4. The van der Waals surface area contributed by atoms with Gasteiger partial charge in [-0.1, -0.05) is 11.6 Å². The minimum Gasteiger partial charge on any atom is -0.478 e. The molecule has 2 aromatic heterocycles. The van der Waals surface area contributed by atoms with Crippen LogP contribution in [0.15, 0.2) is 53.5 Å². The van der Waals surface area contributed by atoms with Crippen LogP contribution in [0.4, 0.5) is 23.1 Å². The number of rotatable bonds is 8. The molecule has 0 bridgehead atoms. The third-order valence-corrected chi connectivity index (χ3v) is 11.5. The number of hydrogen-bond acceptors (Lipinski definition) is 11. The summed E-state index contributed by atoms with van der Waals surface area (Å²) in [5.41, 5.74) is 3.77. The molecule has 4 aliphatic rings. The molecule has 15 nitrogen and oxygen atoms in total. The first-order valence-corrected chi connectivity index (χ1v) is 18.4. The number of imide groups is 1. The number of piperidine rings is 2. The van der Waals surface area contributed by atoms with E-state index in [1.165, 1.54) is 11.6 Å². The van der Waals surface area contributed by atoms with Gasteiger partial charge in [0.25, 0.3) is 17.4 Å². The van der Waals surface area contributed by atoms with Gasteiger partial charge in [-0.2, -0.15) is 4.98 Å². The summed E-state index contributed by atoms with van der Waals surface area (Å²) in [5.74, 6) is -0.0734. The summed E-state index contributed by atoms with van der Waals surface area (Å²) in [5, 5.41) is 9.26. The maximum atomic E-state index is 13.2. The summed E-state index contributed by atoms with van der Waals surface area (Å²) in [6.07, 6.45) is 5.19. The van der Waals surface area contributed by atoms with Gasteiger partial charge < -0.3 is 34.6 Å². The van der Waals surface area contributed by atoms with Crippen molar-refractivity contribution in [3.8, 4) is 5.75 Å². The Morgan fingerprint density at radius 1 is 1.04 bits per heavy atom. The fourth-order valence-corrected chi connectivity index (χ4v) is 8.23. The van der Waals surface area contributed by atoms with E-state index in [0.29, 0.717) is 46.5 Å². The average molecular weight is 754 g/mol. The van der Waals surface area contributed by atoms with Crippen molar-refractivity contribution < 1.29 is 23.9 Å². The SMILES string of the molecule is CNC(=O)COc1cc2cc(Nc3nc(N4CCC5(CCN(c6ccc7c(c6)CN(C6CCC(=O)NC6=O)C7=O)CC5)C4)ncc3Cl)ccc2n(C)c1=O. The van der Waals surface area contributed by atoms with Gasteiger partial charge in [0.1, 0.15) is 11.1 Å². The van der Waals surface area contributed by atoms with Crippen LogP contribution in [0, 0.1) is 5.41 Å². The Hall–Kier alpha value is -5.70. The molecule has 3 N–H and O–H groups in total. The highest BCUT2D eigenvalue weighted by molar-refractivity contribution is 6.33. The molecule has 1 unspecified atom stereocenters. The minimum atomic E-state index is -0.629. The summed E-state index contributed by atoms with van der Waals surface area (Å²) in [6.45, 7) is 3.48. The van der Waals surface area contributed by atoms with Gasteiger partial charge in [0.2, 0.25) is 17.8 Å². The molecule has 6 heterocycles. The van der Waals surface area contributed by atoms with Crippen LogP contribution in [-0.2, 0) is 28.0 Å². The lowest BCUT2D eigenvalue weighted by atomic mass is 9.77. The number of halogens is 1. The Bertz CT molecular complexity index is 2270. The molecule has 0 aliphatic carbocycles. The maximum absolute atomic E-state index is 13.2. The smallest absolute Gasteiger partial charge is 0.293 e. The van der Waals surface area contributed by atoms with E-state index in [-0.39, 0.29) is 47.5 Å². The molecule has 4 aromatic rings. The molecule has 16 heteroatoms. The summed E-state index contributed by atoms with van der Waals surface area (Å²) in [6, 6.07) is 12.5. The zero-order chi connectivity index (χ0) is 37.7. The van der Waals surface area contributed by atoms with Crippen LogP contribution in [0.2, 0.25) is 5.02 Å². The number of likely N-dealkylation sites (N-methyl/N-ethyl adjacent to an activating group) is 1. The third-order valence-electron chi connectivity index (χ3n) is 11.2. The highest BCUT2D eigenvalue weighted by atomic mass is 35.5. The summed E-state index contributed by atoms with van der Waals surface area (Å²) >= 11 is 6.58. The molecule has 3 saturated heterocycles. The number of pyridine rings is 1. The average Bonchev–Trinajstić information content (AvgIpc) is 3.73. The van der Waals surface area contributed by atoms with Crippen LogP contribution < -0.4 is 36.0 Å². The number of nitrogens with one attached hydrogen (secondary N) is 3. The Kier molecular flexibility index (Phi) is 9.12. The number of benzene rings is 2. The second-order valence-corrected chi connectivity index (χ2v) is 14.9. The van der Waals surface area contributed by atoms with E-state index in [2.05, 4.69) is 36.8 Å². The zero-order valence-electron chi connectivity index (χ0n) is 30.0. The van der Waals surface area contributed by atoms with Crippen LogP contribution in [0.5, 0.6) is 5.75 Å². The van der Waals surface area contributed by atoms with Gasteiger partial charge in [0.15, 0.2) is 18.2 Å². The van der Waals surface area contributed by atoms with Gasteiger partial charge in [-0.25, -0.2) is 4.98 Å². The molecule has 4 aliphatic heterocycles. The monoisotopic (exact) mass is 753 g/mol. The first-order chi connectivity index (χ1) is 26.0. The number of carbonyl (C=O) groups is 4. The van der Waals surface area contributed by atoms with Gasteiger partial charge >= 0.3 is 0 Å². The van der Waals surface area contributed by atoms with Crippen molar-refractivity contribution >= 4 is 69.3 Å². The largest absolute Gasteiger partial charge is 0.478 e. The normalized spacial score (nSPS) is 19.4. The Balaban J connectivity index is 0.916. The molecule has 8 rings (SSSR count). The van der Waals surface area contributed by atoms with Crippen LogP contribution in [0.1, 0.15) is 48.0 Å². The standard InChI is InChI=1S/C38H40ClN9O6/c1-40-32(50)20-54-30-17-22-15-24(3-6-28(22)45(2)36(30)53)42-33-27(39)18-41-37(44-33)47-14-11-38(21-47)9-12-46(13-10-38)25-4-5-26-23(16-25)19-48(35(26)52)29-7-8-31(49)43-34(29)51/h3-6,15-18,29H,7-14,19-21H2,1-2H3,(H,40,50)(H,41,42,44)(H,43,49,51). The molecule has 1 spiro atoms. The lowest BCUT2D eigenvalue weighted by Crippen LogP contribution is -2.52. The Morgan fingerprint density at radius 3 is 2.57 bits per heavy atom. The van der Waals surface area contributed by atoms with Crippen LogP contribution in [-0.4, -0.2) is 88.9 Å². The molecule has 4 amide bonds. The molecule has 280 valence electrons. The summed E-state index contributed by atoms with van der Waals surface area (Å²) in [7, 11) is 3.16. The van der Waals surface area contributed by atoms with E-state index < -0.39 is 11.9 Å². The van der Waals surface area contributed by atoms with E-state index in [0.717, 1.165) is 62.1 Å². The van der Waals surface area contributed by atoms with Crippen LogP contribution in [0.3, 0.4) is 0 Å². The number of aryl methyl sites for hydroxylation is 1. The molecule has 1 atom stereocenters. The van der Waals surface area contributed by atoms with Gasteiger partial charge in [0, 0.05) is 75.6 Å². The van der Waals surface area contributed by atoms with Gasteiger partial charge in [-0.3, -0.25) is 29.3 Å². The second-order valence-electron chi connectivity index (χ2n) is 14.5. The zero-order valence-corrected chi connectivity index (χ0v) is 30.7. The molecule has 3 fully saturated rings. The molecule has 54 heavy (non-hydrogen) atoms. The van der Waals surface area contributed by atoms with E-state index in [9.17, 15) is 24.0 Å². The van der Waals surface area contributed by atoms with E-state index in [1.54, 1.807) is 24.2 Å². The Labute approximate surface area is 315 Å². The predicted octanol–water partition coefficient (Wildman–Crippen LogP) is 3.11. The highest BCUT2D eigenvalue weighted by Gasteiger charge is 2.43. The van der Waals surface area contributed by atoms with Crippen molar-refractivity contribution in [3.63, 3.8) is 0 Å². The predicted molar refractivity (Wildman–Crippen MR) is 202 cm³/mol. The lowest BCUT2D eigenvalue weighted by Gasteiger charge is -2.40. The van der Waals surface area contributed by atoms with Crippen molar-refractivity contribution in [3.05, 3.63) is 75.2 Å². The summed E-state index contributed by atoms with van der Waals surface area (Å²) in [4.78, 5) is 77.4. The number of nitrogens with zero attached hydrogens (tertiary/aromatic N) is 6. The molecule has 0 radical (unpaired) electrons. The molecular formula is C38H40ClN9O6. The minimum absolute atomic E-state index is 0.0732. The van der Waals surface area contributed by atoms with Gasteiger partial charge in [-0.05, 0) is 79.1 Å². The maximum Gasteiger partial charge on any atom is 0.293 e. The first kappa shape index (κ1) is 35.3. The number of hydrogen-bond donors (Lipinski definition) is 3. The van der Waals surface area contributed by atoms with Crippen molar-refractivity contribution in [2.24, 2.45) is 12.5 Å².